The molecule has 0 radical (unpaired) electrons. The Morgan fingerprint density at radius 2 is 2.28 bits per heavy atom. The van der Waals surface area contributed by atoms with E-state index in [-0.39, 0.29) is 23.8 Å². The number of methoxy groups -OCH3 is 1. The van der Waals surface area contributed by atoms with Crippen LogP contribution in [0.25, 0.3) is 0 Å². The topological polar surface area (TPSA) is 123 Å². The number of nitro groups is 1. The summed E-state index contributed by atoms with van der Waals surface area (Å²) < 4.78 is 5.07. The maximum atomic E-state index is 12.2. The van der Waals surface area contributed by atoms with E-state index in [1.165, 1.54) is 37.1 Å². The molecule has 10 heteroatoms. The van der Waals surface area contributed by atoms with E-state index in [4.69, 9.17) is 4.74 Å². The normalized spacial score (nSPS) is 18.1. The van der Waals surface area contributed by atoms with Gasteiger partial charge in [-0.2, -0.15) is 0 Å². The highest BCUT2D eigenvalue weighted by atomic mass is 32.2. The molecule has 1 atom stereocenters. The van der Waals surface area contributed by atoms with Gasteiger partial charge in [-0.05, 0) is 12.5 Å². The van der Waals surface area contributed by atoms with Crippen LogP contribution in [0, 0.1) is 10.1 Å². The second-order valence-corrected chi connectivity index (χ2v) is 6.37. The number of aliphatic imine (C=N–C) groups is 1. The zero-order valence-corrected chi connectivity index (χ0v) is 14.6. The Morgan fingerprint density at radius 3 is 2.92 bits per heavy atom. The first-order valence-electron chi connectivity index (χ1n) is 7.58. The van der Waals surface area contributed by atoms with E-state index < -0.39 is 16.1 Å². The predicted octanol–water partition coefficient (Wildman–Crippen LogP) is 1.93. The number of carbonyl (C=O) groups excluding carboxylic acids is 2. The number of anilines is 1. The van der Waals surface area contributed by atoms with Gasteiger partial charge >= 0.3 is 0 Å². The van der Waals surface area contributed by atoms with Gasteiger partial charge < -0.3 is 15.4 Å². The number of carbonyl (C=O) groups is 2. The summed E-state index contributed by atoms with van der Waals surface area (Å²) in [5.74, 6) is -0.474. The van der Waals surface area contributed by atoms with Crippen LogP contribution in [0.3, 0.4) is 0 Å². The molecule has 9 nitrogen and oxygen atoms in total. The smallest absolute Gasteiger partial charge is 0.273 e. The van der Waals surface area contributed by atoms with E-state index in [1.807, 2.05) is 6.92 Å². The van der Waals surface area contributed by atoms with Gasteiger partial charge in [-0.1, -0.05) is 18.7 Å². The van der Waals surface area contributed by atoms with Gasteiger partial charge in [0, 0.05) is 19.0 Å². The van der Waals surface area contributed by atoms with Crippen molar-refractivity contribution in [1.29, 1.82) is 0 Å². The predicted molar refractivity (Wildman–Crippen MR) is 95.0 cm³/mol. The molecule has 25 heavy (non-hydrogen) atoms. The Hall–Kier alpha value is -2.62. The van der Waals surface area contributed by atoms with Crippen molar-refractivity contribution in [2.24, 2.45) is 4.99 Å². The number of amidine groups is 1. The summed E-state index contributed by atoms with van der Waals surface area (Å²) in [4.78, 5) is 38.5. The summed E-state index contributed by atoms with van der Waals surface area (Å²) in [5.41, 5.74) is 0.165. The molecule has 1 saturated heterocycles. The fraction of sp³-hybridized carbons (Fsp3) is 0.400. The van der Waals surface area contributed by atoms with Gasteiger partial charge in [0.15, 0.2) is 5.17 Å². The third kappa shape index (κ3) is 4.92. The van der Waals surface area contributed by atoms with E-state index in [0.717, 1.165) is 6.42 Å². The lowest BCUT2D eigenvalue weighted by atomic mass is 10.2. The second kappa shape index (κ2) is 8.47. The highest BCUT2D eigenvalue weighted by molar-refractivity contribution is 8.15. The highest BCUT2D eigenvalue weighted by Gasteiger charge is 2.32. The molecule has 0 saturated carbocycles. The number of amides is 2. The van der Waals surface area contributed by atoms with E-state index in [2.05, 4.69) is 15.6 Å². The van der Waals surface area contributed by atoms with Crippen molar-refractivity contribution in [2.75, 3.05) is 19.0 Å². The molecule has 0 aromatic heterocycles. The summed E-state index contributed by atoms with van der Waals surface area (Å²) in [6, 6.07) is 3.89. The molecule has 1 fully saturated rings. The van der Waals surface area contributed by atoms with Crippen LogP contribution in [-0.2, 0) is 9.59 Å². The maximum Gasteiger partial charge on any atom is 0.273 e. The largest absolute Gasteiger partial charge is 0.494 e. The zero-order chi connectivity index (χ0) is 18.4. The third-order valence-corrected chi connectivity index (χ3v) is 4.42. The van der Waals surface area contributed by atoms with Crippen molar-refractivity contribution >= 4 is 40.1 Å². The highest BCUT2D eigenvalue weighted by Crippen LogP contribution is 2.30. The lowest BCUT2D eigenvalue weighted by molar-refractivity contribution is -0.384. The first kappa shape index (κ1) is 18.7. The van der Waals surface area contributed by atoms with Crippen LogP contribution >= 0.6 is 11.8 Å². The number of nitro benzene ring substituents is 1. The van der Waals surface area contributed by atoms with Crippen LogP contribution in [0.2, 0.25) is 0 Å². The number of nitrogens with one attached hydrogen (secondary N) is 2. The standard InChI is InChI=1S/C15H18N4O5S/c1-3-6-16-15-18-14(21)12(25-15)8-13(20)17-10-5-4-9(19(22)23)7-11(10)24-2/h4-5,7,12H,3,6,8H2,1-2H3,(H,17,20)(H,16,18,21). The monoisotopic (exact) mass is 366 g/mol. The van der Waals surface area contributed by atoms with Crippen LogP contribution < -0.4 is 15.4 Å². The number of thioether (sulfide) groups is 1. The zero-order valence-electron chi connectivity index (χ0n) is 13.8. The number of nitrogens with zero attached hydrogens (tertiary/aromatic N) is 2. The van der Waals surface area contributed by atoms with Crippen molar-refractivity contribution < 1.29 is 19.2 Å². The van der Waals surface area contributed by atoms with Crippen molar-refractivity contribution in [1.82, 2.24) is 5.32 Å². The van der Waals surface area contributed by atoms with E-state index in [1.54, 1.807) is 0 Å². The molecular formula is C15H18N4O5S. The van der Waals surface area contributed by atoms with Crippen molar-refractivity contribution in [3.63, 3.8) is 0 Å². The molecule has 2 N–H and O–H groups in total. The Balaban J connectivity index is 2.01. The summed E-state index contributed by atoms with van der Waals surface area (Å²) in [6.07, 6.45) is 0.826. The number of hydrogen-bond acceptors (Lipinski definition) is 7. The Labute approximate surface area is 148 Å². The average molecular weight is 366 g/mol. The first-order chi connectivity index (χ1) is 11.9. The van der Waals surface area contributed by atoms with Gasteiger partial charge in [-0.3, -0.25) is 24.7 Å². The average Bonchev–Trinajstić information content (AvgIpc) is 2.92. The number of benzene rings is 1. The number of non-ortho nitro benzene ring substituents is 1. The molecule has 1 aromatic carbocycles. The van der Waals surface area contributed by atoms with Gasteiger partial charge in [-0.25, -0.2) is 0 Å². The minimum absolute atomic E-state index is 0.0399. The Morgan fingerprint density at radius 1 is 1.52 bits per heavy atom. The fourth-order valence-corrected chi connectivity index (χ4v) is 3.09. The molecule has 1 aliphatic rings. The van der Waals surface area contributed by atoms with E-state index >= 15 is 0 Å². The summed E-state index contributed by atoms with van der Waals surface area (Å²) in [7, 11) is 1.35. The number of hydrogen-bond donors (Lipinski definition) is 2. The molecule has 0 aliphatic carbocycles. The SMILES string of the molecule is CCCN=C1NC(=O)C(CC(=O)Nc2ccc([N+](=O)[O-])cc2OC)S1. The summed E-state index contributed by atoms with van der Waals surface area (Å²) in [5, 5.41) is 16.0. The molecule has 1 aliphatic heterocycles. The lowest BCUT2D eigenvalue weighted by Crippen LogP contribution is -2.28. The van der Waals surface area contributed by atoms with Crippen molar-refractivity contribution in [2.45, 2.75) is 25.0 Å². The molecule has 1 heterocycles. The number of rotatable bonds is 7. The molecule has 1 unspecified atom stereocenters. The minimum atomic E-state index is -0.556. The molecule has 1 aromatic rings. The van der Waals surface area contributed by atoms with Crippen LogP contribution in [0.4, 0.5) is 11.4 Å². The van der Waals surface area contributed by atoms with Gasteiger partial charge in [0.25, 0.3) is 5.69 Å². The molecule has 134 valence electrons. The molecule has 0 bridgehead atoms. The van der Waals surface area contributed by atoms with Crippen molar-refractivity contribution in [3.8, 4) is 5.75 Å². The minimum Gasteiger partial charge on any atom is -0.494 e. The van der Waals surface area contributed by atoms with Crippen LogP contribution in [-0.4, -0.2) is 40.8 Å². The Kier molecular flexibility index (Phi) is 6.34. The maximum absolute atomic E-state index is 12.2. The second-order valence-electron chi connectivity index (χ2n) is 5.18. The van der Waals surface area contributed by atoms with Crippen LogP contribution in [0.1, 0.15) is 19.8 Å². The molecule has 2 amide bonds. The Bertz CT molecular complexity index is 722. The third-order valence-electron chi connectivity index (χ3n) is 3.30. The van der Waals surface area contributed by atoms with Gasteiger partial charge in [0.05, 0.1) is 23.8 Å². The van der Waals surface area contributed by atoms with Gasteiger partial charge in [0.2, 0.25) is 11.8 Å². The summed E-state index contributed by atoms with van der Waals surface area (Å²) >= 11 is 1.22. The quantitative estimate of drug-likeness (QED) is 0.561. The first-order valence-corrected chi connectivity index (χ1v) is 8.46. The van der Waals surface area contributed by atoms with E-state index in [0.29, 0.717) is 17.4 Å². The lowest BCUT2D eigenvalue weighted by Gasteiger charge is -2.11. The summed E-state index contributed by atoms with van der Waals surface area (Å²) in [6.45, 7) is 2.59. The molecule has 2 rings (SSSR count). The van der Waals surface area contributed by atoms with Gasteiger partial charge in [-0.15, -0.1) is 0 Å². The fourth-order valence-electron chi connectivity index (χ4n) is 2.09. The molecular weight excluding hydrogens is 348 g/mol. The van der Waals surface area contributed by atoms with Crippen molar-refractivity contribution in [3.05, 3.63) is 28.3 Å². The van der Waals surface area contributed by atoms with Crippen LogP contribution in [0.15, 0.2) is 23.2 Å². The molecule has 0 spiro atoms. The van der Waals surface area contributed by atoms with Crippen LogP contribution in [0.5, 0.6) is 5.75 Å². The van der Waals surface area contributed by atoms with E-state index in [9.17, 15) is 19.7 Å². The van der Waals surface area contributed by atoms with Gasteiger partial charge in [0.1, 0.15) is 11.0 Å². The number of ether oxygens (including phenoxy) is 1.